The van der Waals surface area contributed by atoms with Crippen molar-refractivity contribution in [1.82, 2.24) is 0 Å². The highest BCUT2D eigenvalue weighted by Gasteiger charge is 2.46. The van der Waals surface area contributed by atoms with E-state index in [-0.39, 0.29) is 23.1 Å². The second kappa shape index (κ2) is 6.36. The number of hydrogen-bond donors (Lipinski definition) is 0. The van der Waals surface area contributed by atoms with Crippen LogP contribution in [-0.4, -0.2) is 25.2 Å². The van der Waals surface area contributed by atoms with Gasteiger partial charge in [0.05, 0.1) is 13.2 Å². The monoisotopic (exact) mass is 374 g/mol. The number of rotatable bonds is 4. The lowest BCUT2D eigenvalue weighted by Crippen LogP contribution is -2.29. The van der Waals surface area contributed by atoms with E-state index in [0.29, 0.717) is 0 Å². The van der Waals surface area contributed by atoms with E-state index in [9.17, 15) is 9.59 Å². The Hall–Kier alpha value is -1.11. The maximum atomic E-state index is 11.9. The molecule has 0 saturated carbocycles. The first-order valence-corrected chi connectivity index (χ1v) is 7.42. The van der Waals surface area contributed by atoms with Gasteiger partial charge < -0.3 is 9.47 Å². The summed E-state index contributed by atoms with van der Waals surface area (Å²) in [4.78, 5) is 23.6. The molecule has 19 heavy (non-hydrogen) atoms. The molecule has 1 aromatic rings. The zero-order valence-electron chi connectivity index (χ0n) is 10.5. The molecule has 4 nitrogen and oxygen atoms in total. The van der Waals surface area contributed by atoms with Gasteiger partial charge in [-0.15, -0.1) is 0 Å². The van der Waals surface area contributed by atoms with Crippen molar-refractivity contribution in [3.63, 3.8) is 0 Å². The molecule has 3 unspecified atom stereocenters. The highest BCUT2D eigenvalue weighted by molar-refractivity contribution is 14.1. The molecule has 102 valence electrons. The molecule has 1 aliphatic rings. The molecule has 1 heterocycles. The average molecular weight is 374 g/mol. The predicted molar refractivity (Wildman–Crippen MR) is 77.8 cm³/mol. The van der Waals surface area contributed by atoms with E-state index >= 15 is 0 Å². The van der Waals surface area contributed by atoms with Gasteiger partial charge >= 0.3 is 11.9 Å². The molecule has 0 N–H and O–H groups in total. The standard InChI is InChI=1S/C14H15IO4/c1-2-18-13(16)11-10(8-19-14(11)17)12(15)9-6-4-3-5-7-9/h3-7,10-12H,2,8H2,1H3. The van der Waals surface area contributed by atoms with Gasteiger partial charge in [0.1, 0.15) is 0 Å². The van der Waals surface area contributed by atoms with Crippen molar-refractivity contribution in [1.29, 1.82) is 0 Å². The number of esters is 2. The summed E-state index contributed by atoms with van der Waals surface area (Å²) in [6.07, 6.45) is 0. The van der Waals surface area contributed by atoms with E-state index in [2.05, 4.69) is 22.6 Å². The lowest BCUT2D eigenvalue weighted by atomic mass is 9.89. The SMILES string of the molecule is CCOC(=O)C1C(=O)OCC1C(I)c1ccccc1. The average Bonchev–Trinajstić information content (AvgIpc) is 2.81. The Balaban J connectivity index is 2.18. The van der Waals surface area contributed by atoms with E-state index in [4.69, 9.17) is 9.47 Å². The Bertz CT molecular complexity index is 460. The molecule has 0 amide bonds. The minimum Gasteiger partial charge on any atom is -0.465 e. The number of hydrogen-bond acceptors (Lipinski definition) is 4. The molecule has 1 aromatic carbocycles. The first-order chi connectivity index (χ1) is 9.15. The Kier molecular flexibility index (Phi) is 4.79. The maximum Gasteiger partial charge on any atom is 0.320 e. The normalized spacial score (nSPS) is 23.8. The number of benzene rings is 1. The van der Waals surface area contributed by atoms with Crippen LogP contribution in [0.4, 0.5) is 0 Å². The molecule has 0 aliphatic carbocycles. The van der Waals surface area contributed by atoms with Crippen LogP contribution in [0.5, 0.6) is 0 Å². The molecular weight excluding hydrogens is 359 g/mol. The summed E-state index contributed by atoms with van der Waals surface area (Å²) in [5.41, 5.74) is 1.08. The Morgan fingerprint density at radius 3 is 2.79 bits per heavy atom. The van der Waals surface area contributed by atoms with E-state index < -0.39 is 17.9 Å². The predicted octanol–water partition coefficient (Wildman–Crippen LogP) is 2.52. The summed E-state index contributed by atoms with van der Waals surface area (Å²) in [7, 11) is 0. The van der Waals surface area contributed by atoms with Crippen LogP contribution < -0.4 is 0 Å². The molecular formula is C14H15IO4. The molecule has 3 atom stereocenters. The fourth-order valence-corrected chi connectivity index (χ4v) is 3.22. The van der Waals surface area contributed by atoms with Gasteiger partial charge in [-0.05, 0) is 12.5 Å². The third kappa shape index (κ3) is 3.08. The van der Waals surface area contributed by atoms with Crippen LogP contribution in [-0.2, 0) is 19.1 Å². The first-order valence-electron chi connectivity index (χ1n) is 6.17. The topological polar surface area (TPSA) is 52.6 Å². The van der Waals surface area contributed by atoms with E-state index in [1.807, 2.05) is 30.3 Å². The third-order valence-electron chi connectivity index (χ3n) is 3.13. The quantitative estimate of drug-likeness (QED) is 0.352. The van der Waals surface area contributed by atoms with Crippen LogP contribution in [0.15, 0.2) is 30.3 Å². The minimum absolute atomic E-state index is 0.0413. The molecule has 0 spiro atoms. The van der Waals surface area contributed by atoms with Gasteiger partial charge in [-0.1, -0.05) is 52.9 Å². The number of carbonyl (C=O) groups is 2. The minimum atomic E-state index is -0.804. The van der Waals surface area contributed by atoms with Crippen molar-refractivity contribution in [2.45, 2.75) is 10.8 Å². The van der Waals surface area contributed by atoms with Crippen molar-refractivity contribution >= 4 is 34.5 Å². The summed E-state index contributed by atoms with van der Waals surface area (Å²) < 4.78 is 10.1. The van der Waals surface area contributed by atoms with Crippen LogP contribution in [0.1, 0.15) is 16.4 Å². The van der Waals surface area contributed by atoms with Crippen molar-refractivity contribution in [3.8, 4) is 0 Å². The Morgan fingerprint density at radius 2 is 2.16 bits per heavy atom. The van der Waals surface area contributed by atoms with Gasteiger partial charge in [0, 0.05) is 9.84 Å². The number of carbonyl (C=O) groups excluding carboxylic acids is 2. The number of halogens is 1. The summed E-state index contributed by atoms with van der Waals surface area (Å²) >= 11 is 2.26. The van der Waals surface area contributed by atoms with Crippen LogP contribution in [0, 0.1) is 11.8 Å². The summed E-state index contributed by atoms with van der Waals surface area (Å²) in [5.74, 6) is -1.93. The summed E-state index contributed by atoms with van der Waals surface area (Å²) in [6, 6.07) is 9.80. The first kappa shape index (κ1) is 14.3. The van der Waals surface area contributed by atoms with Crippen molar-refractivity contribution in [2.75, 3.05) is 13.2 Å². The lowest BCUT2D eigenvalue weighted by molar-refractivity contribution is -0.156. The number of alkyl halides is 1. The largest absolute Gasteiger partial charge is 0.465 e. The Labute approximate surface area is 125 Å². The van der Waals surface area contributed by atoms with Gasteiger partial charge in [-0.3, -0.25) is 9.59 Å². The van der Waals surface area contributed by atoms with Gasteiger partial charge in [0.25, 0.3) is 0 Å². The van der Waals surface area contributed by atoms with Crippen molar-refractivity contribution < 1.29 is 19.1 Å². The molecule has 0 radical (unpaired) electrons. The zero-order chi connectivity index (χ0) is 13.8. The summed E-state index contributed by atoms with van der Waals surface area (Å²) in [6.45, 7) is 2.27. The smallest absolute Gasteiger partial charge is 0.320 e. The van der Waals surface area contributed by atoms with Crippen LogP contribution in [0.2, 0.25) is 0 Å². The fourth-order valence-electron chi connectivity index (χ4n) is 2.18. The van der Waals surface area contributed by atoms with Gasteiger partial charge in [-0.25, -0.2) is 0 Å². The molecule has 2 rings (SSSR count). The fraction of sp³-hybridized carbons (Fsp3) is 0.429. The van der Waals surface area contributed by atoms with E-state index in [1.54, 1.807) is 6.92 Å². The van der Waals surface area contributed by atoms with Crippen LogP contribution >= 0.6 is 22.6 Å². The maximum absolute atomic E-state index is 11.9. The molecule has 1 saturated heterocycles. The van der Waals surface area contributed by atoms with Crippen LogP contribution in [0.25, 0.3) is 0 Å². The number of cyclic esters (lactones) is 1. The molecule has 0 aromatic heterocycles. The molecule has 5 heteroatoms. The second-order valence-corrected chi connectivity index (χ2v) is 5.68. The number of ether oxygens (including phenoxy) is 2. The van der Waals surface area contributed by atoms with Gasteiger partial charge in [-0.2, -0.15) is 0 Å². The van der Waals surface area contributed by atoms with Crippen molar-refractivity contribution in [2.24, 2.45) is 11.8 Å². The summed E-state index contributed by atoms with van der Waals surface area (Å²) in [5, 5.41) is 0. The zero-order valence-corrected chi connectivity index (χ0v) is 12.7. The van der Waals surface area contributed by atoms with Gasteiger partial charge in [0.2, 0.25) is 0 Å². The Morgan fingerprint density at radius 1 is 1.47 bits per heavy atom. The molecule has 0 bridgehead atoms. The third-order valence-corrected chi connectivity index (χ3v) is 4.78. The second-order valence-electron chi connectivity index (χ2n) is 4.34. The van der Waals surface area contributed by atoms with Gasteiger partial charge in [0.15, 0.2) is 5.92 Å². The van der Waals surface area contributed by atoms with Crippen LogP contribution in [0.3, 0.4) is 0 Å². The molecule has 1 aliphatic heterocycles. The highest BCUT2D eigenvalue weighted by Crippen LogP contribution is 2.40. The molecule has 1 fully saturated rings. The van der Waals surface area contributed by atoms with Crippen molar-refractivity contribution in [3.05, 3.63) is 35.9 Å². The van der Waals surface area contributed by atoms with E-state index in [1.165, 1.54) is 0 Å². The van der Waals surface area contributed by atoms with E-state index in [0.717, 1.165) is 5.56 Å². The highest BCUT2D eigenvalue weighted by atomic mass is 127. The lowest BCUT2D eigenvalue weighted by Gasteiger charge is -2.20.